The summed E-state index contributed by atoms with van der Waals surface area (Å²) in [7, 11) is 0. The summed E-state index contributed by atoms with van der Waals surface area (Å²) in [4.78, 5) is 24.2. The maximum atomic E-state index is 11.8. The van der Waals surface area contributed by atoms with Crippen molar-refractivity contribution in [1.29, 1.82) is 0 Å². The summed E-state index contributed by atoms with van der Waals surface area (Å²) in [5.41, 5.74) is 2.19. The van der Waals surface area contributed by atoms with Gasteiger partial charge in [0.05, 0.1) is 0 Å². The van der Waals surface area contributed by atoms with E-state index >= 15 is 0 Å². The average molecular weight is 233 g/mol. The van der Waals surface area contributed by atoms with Gasteiger partial charge in [0.1, 0.15) is 5.92 Å². The van der Waals surface area contributed by atoms with Gasteiger partial charge in [-0.05, 0) is 18.9 Å². The molecule has 4 heteroatoms. The van der Waals surface area contributed by atoms with Crippen molar-refractivity contribution in [3.05, 3.63) is 35.4 Å². The Morgan fingerprint density at radius 1 is 1.53 bits per heavy atom. The minimum Gasteiger partial charge on any atom is -0.481 e. The van der Waals surface area contributed by atoms with E-state index in [1.165, 1.54) is 0 Å². The number of aryl methyl sites for hydroxylation is 1. The van der Waals surface area contributed by atoms with Crippen LogP contribution in [0.15, 0.2) is 24.3 Å². The van der Waals surface area contributed by atoms with E-state index in [2.05, 4.69) is 0 Å². The van der Waals surface area contributed by atoms with E-state index in [1.807, 2.05) is 31.2 Å². The molecule has 2 rings (SSSR count). The number of carboxylic acids is 1. The van der Waals surface area contributed by atoms with Gasteiger partial charge in [0.15, 0.2) is 0 Å². The first-order valence-electron chi connectivity index (χ1n) is 5.65. The fraction of sp³-hybridized carbons (Fsp3) is 0.385. The van der Waals surface area contributed by atoms with Crippen LogP contribution in [0.5, 0.6) is 0 Å². The molecule has 0 aliphatic carbocycles. The number of carboxylic acid groups (broad SMARTS) is 1. The van der Waals surface area contributed by atoms with E-state index < -0.39 is 11.9 Å². The fourth-order valence-corrected chi connectivity index (χ4v) is 2.16. The Balaban J connectivity index is 2.06. The van der Waals surface area contributed by atoms with Crippen LogP contribution >= 0.6 is 0 Å². The van der Waals surface area contributed by atoms with E-state index in [0.717, 1.165) is 11.1 Å². The lowest BCUT2D eigenvalue weighted by molar-refractivity contribution is -0.147. The zero-order valence-electron chi connectivity index (χ0n) is 9.72. The molecule has 17 heavy (non-hydrogen) atoms. The second-order valence-corrected chi connectivity index (χ2v) is 4.43. The summed E-state index contributed by atoms with van der Waals surface area (Å²) in [5.74, 6) is -2.12. The second-order valence-electron chi connectivity index (χ2n) is 4.43. The number of benzene rings is 1. The Labute approximate surface area is 99.9 Å². The molecule has 0 bridgehead atoms. The van der Waals surface area contributed by atoms with Gasteiger partial charge >= 0.3 is 5.97 Å². The molecule has 0 radical (unpaired) electrons. The van der Waals surface area contributed by atoms with Crippen molar-refractivity contribution in [2.45, 2.75) is 19.9 Å². The van der Waals surface area contributed by atoms with Crippen LogP contribution in [0.1, 0.15) is 17.5 Å². The predicted octanol–water partition coefficient (Wildman–Crippen LogP) is 1.43. The van der Waals surface area contributed by atoms with Crippen molar-refractivity contribution in [2.75, 3.05) is 6.54 Å². The normalized spacial score (nSPS) is 19.7. The topological polar surface area (TPSA) is 57.6 Å². The molecule has 1 saturated heterocycles. The van der Waals surface area contributed by atoms with Gasteiger partial charge in [-0.2, -0.15) is 0 Å². The minimum absolute atomic E-state index is 0.265. The Morgan fingerprint density at radius 3 is 2.88 bits per heavy atom. The Hall–Kier alpha value is -1.84. The standard InChI is InChI=1S/C13H15NO3/c1-9-3-2-4-10(7-9)8-14-6-5-11(12(14)15)13(16)17/h2-4,7,11H,5-6,8H2,1H3,(H,16,17). The van der Waals surface area contributed by atoms with E-state index in [1.54, 1.807) is 4.90 Å². The third-order valence-electron chi connectivity index (χ3n) is 3.05. The summed E-state index contributed by atoms with van der Waals surface area (Å²) in [6.07, 6.45) is 0.417. The van der Waals surface area contributed by atoms with Crippen molar-refractivity contribution in [2.24, 2.45) is 5.92 Å². The van der Waals surface area contributed by atoms with Crippen molar-refractivity contribution in [3.63, 3.8) is 0 Å². The summed E-state index contributed by atoms with van der Waals surface area (Å²) in [6, 6.07) is 7.91. The molecule has 1 heterocycles. The maximum Gasteiger partial charge on any atom is 0.316 e. The summed E-state index contributed by atoms with van der Waals surface area (Å²) >= 11 is 0. The zero-order valence-corrected chi connectivity index (χ0v) is 9.72. The average Bonchev–Trinajstić information content (AvgIpc) is 2.61. The highest BCUT2D eigenvalue weighted by molar-refractivity contribution is 5.98. The highest BCUT2D eigenvalue weighted by Crippen LogP contribution is 2.20. The lowest BCUT2D eigenvalue weighted by atomic mass is 10.1. The fourth-order valence-electron chi connectivity index (χ4n) is 2.16. The van der Waals surface area contributed by atoms with Crippen molar-refractivity contribution in [1.82, 2.24) is 4.90 Å². The zero-order chi connectivity index (χ0) is 12.4. The molecule has 1 amide bonds. The summed E-state index contributed by atoms with van der Waals surface area (Å²) in [6.45, 7) is 3.03. The van der Waals surface area contributed by atoms with Crippen LogP contribution in [0.2, 0.25) is 0 Å². The number of likely N-dealkylation sites (tertiary alicyclic amines) is 1. The quantitative estimate of drug-likeness (QED) is 0.803. The molecule has 1 aromatic carbocycles. The third-order valence-corrected chi connectivity index (χ3v) is 3.05. The smallest absolute Gasteiger partial charge is 0.316 e. The molecular weight excluding hydrogens is 218 g/mol. The van der Waals surface area contributed by atoms with Crippen LogP contribution in [-0.4, -0.2) is 28.4 Å². The van der Waals surface area contributed by atoms with Crippen molar-refractivity contribution >= 4 is 11.9 Å². The number of rotatable bonds is 3. The van der Waals surface area contributed by atoms with Gasteiger partial charge in [0, 0.05) is 13.1 Å². The molecule has 1 aliphatic heterocycles. The number of amides is 1. The van der Waals surface area contributed by atoms with E-state index in [9.17, 15) is 9.59 Å². The molecule has 1 unspecified atom stereocenters. The van der Waals surface area contributed by atoms with Crippen LogP contribution in [0.25, 0.3) is 0 Å². The number of aliphatic carboxylic acids is 1. The highest BCUT2D eigenvalue weighted by atomic mass is 16.4. The lowest BCUT2D eigenvalue weighted by Crippen LogP contribution is -2.29. The van der Waals surface area contributed by atoms with Crippen molar-refractivity contribution in [3.8, 4) is 0 Å². The molecule has 0 spiro atoms. The molecule has 1 aliphatic rings. The number of carbonyl (C=O) groups excluding carboxylic acids is 1. The van der Waals surface area contributed by atoms with Crippen LogP contribution in [0, 0.1) is 12.8 Å². The maximum absolute atomic E-state index is 11.8. The van der Waals surface area contributed by atoms with Crippen LogP contribution in [0.4, 0.5) is 0 Å². The Morgan fingerprint density at radius 2 is 2.29 bits per heavy atom. The van der Waals surface area contributed by atoms with Gasteiger partial charge in [0.2, 0.25) is 5.91 Å². The van der Waals surface area contributed by atoms with E-state index in [-0.39, 0.29) is 5.91 Å². The first-order chi connectivity index (χ1) is 8.08. The molecule has 0 aromatic heterocycles. The van der Waals surface area contributed by atoms with Gasteiger partial charge in [-0.1, -0.05) is 29.8 Å². The first kappa shape index (κ1) is 11.6. The van der Waals surface area contributed by atoms with Crippen molar-refractivity contribution < 1.29 is 14.7 Å². The SMILES string of the molecule is Cc1cccc(CN2CCC(C(=O)O)C2=O)c1. The van der Waals surface area contributed by atoms with Crippen LogP contribution in [-0.2, 0) is 16.1 Å². The molecule has 0 saturated carbocycles. The van der Waals surface area contributed by atoms with Gasteiger partial charge in [0.25, 0.3) is 0 Å². The van der Waals surface area contributed by atoms with Gasteiger partial charge in [-0.3, -0.25) is 9.59 Å². The molecule has 1 fully saturated rings. The monoisotopic (exact) mass is 233 g/mol. The van der Waals surface area contributed by atoms with E-state index in [0.29, 0.717) is 19.5 Å². The van der Waals surface area contributed by atoms with E-state index in [4.69, 9.17) is 5.11 Å². The molecular formula is C13H15NO3. The molecule has 1 aromatic rings. The lowest BCUT2D eigenvalue weighted by Gasteiger charge is -2.16. The molecule has 1 atom stereocenters. The summed E-state index contributed by atoms with van der Waals surface area (Å²) < 4.78 is 0. The Kier molecular flexibility index (Phi) is 3.13. The Bertz CT molecular complexity index is 456. The number of nitrogens with zero attached hydrogens (tertiary/aromatic N) is 1. The largest absolute Gasteiger partial charge is 0.481 e. The number of carbonyl (C=O) groups is 2. The van der Waals surface area contributed by atoms with Gasteiger partial charge in [-0.15, -0.1) is 0 Å². The predicted molar refractivity (Wildman–Crippen MR) is 62.3 cm³/mol. The third kappa shape index (κ3) is 2.46. The van der Waals surface area contributed by atoms with Crippen LogP contribution < -0.4 is 0 Å². The van der Waals surface area contributed by atoms with Gasteiger partial charge < -0.3 is 10.0 Å². The minimum atomic E-state index is -1.01. The van der Waals surface area contributed by atoms with Gasteiger partial charge in [-0.25, -0.2) is 0 Å². The molecule has 4 nitrogen and oxygen atoms in total. The summed E-state index contributed by atoms with van der Waals surface area (Å²) in [5, 5.41) is 8.86. The molecule has 1 N–H and O–H groups in total. The van der Waals surface area contributed by atoms with Crippen LogP contribution in [0.3, 0.4) is 0 Å². The molecule has 90 valence electrons. The number of hydrogen-bond donors (Lipinski definition) is 1. The highest BCUT2D eigenvalue weighted by Gasteiger charge is 2.36. The second kappa shape index (κ2) is 4.57. The number of hydrogen-bond acceptors (Lipinski definition) is 2. The first-order valence-corrected chi connectivity index (χ1v) is 5.65.